The molecule has 2 aliphatic rings. The van der Waals surface area contributed by atoms with Crippen molar-refractivity contribution in [3.63, 3.8) is 0 Å². The normalized spacial score (nSPS) is 20.0. The lowest BCUT2D eigenvalue weighted by atomic mass is 9.78. The van der Waals surface area contributed by atoms with E-state index < -0.39 is 0 Å². The molecule has 136 valence electrons. The van der Waals surface area contributed by atoms with Crippen LogP contribution in [0.3, 0.4) is 0 Å². The Bertz CT molecular complexity index is 1030. The Morgan fingerprint density at radius 3 is 2.67 bits per heavy atom. The summed E-state index contributed by atoms with van der Waals surface area (Å²) in [6.07, 6.45) is 2.09. The molecule has 4 rings (SSSR count). The second-order valence-electron chi connectivity index (χ2n) is 6.46. The molecule has 1 aromatic heterocycles. The fraction of sp³-hybridized carbons (Fsp3) is 0.200. The Kier molecular flexibility index (Phi) is 5.14. The first-order valence-corrected chi connectivity index (χ1v) is 11.2. The van der Waals surface area contributed by atoms with Gasteiger partial charge in [-0.25, -0.2) is 0 Å². The third-order valence-corrected chi connectivity index (χ3v) is 7.35. The molecule has 2 aromatic rings. The number of nitriles is 1. The summed E-state index contributed by atoms with van der Waals surface area (Å²) in [5.41, 5.74) is 9.50. The Hall–Kier alpha value is -1.63. The number of hydrogen-bond acceptors (Lipinski definition) is 5. The average molecular weight is 552 g/mol. The maximum absolute atomic E-state index is 13.0. The van der Waals surface area contributed by atoms with Gasteiger partial charge in [0.1, 0.15) is 5.82 Å². The Balaban J connectivity index is 1.96. The topological polar surface area (TPSA) is 70.1 Å². The van der Waals surface area contributed by atoms with Crippen LogP contribution in [0.2, 0.25) is 0 Å². The van der Waals surface area contributed by atoms with Gasteiger partial charge in [0.05, 0.1) is 17.6 Å². The predicted molar refractivity (Wildman–Crippen MR) is 119 cm³/mol. The highest BCUT2D eigenvalue weighted by Crippen LogP contribution is 2.47. The van der Waals surface area contributed by atoms with E-state index in [2.05, 4.69) is 44.6 Å². The number of nitrogens with zero attached hydrogens (tertiary/aromatic N) is 2. The molecule has 27 heavy (non-hydrogen) atoms. The molecule has 1 aliphatic heterocycles. The van der Waals surface area contributed by atoms with E-state index in [4.69, 9.17) is 5.73 Å². The van der Waals surface area contributed by atoms with Crippen LogP contribution in [0.25, 0.3) is 0 Å². The number of anilines is 1. The Morgan fingerprint density at radius 1 is 1.30 bits per heavy atom. The van der Waals surface area contributed by atoms with E-state index in [1.807, 2.05) is 40.6 Å². The fourth-order valence-corrected chi connectivity index (χ4v) is 5.66. The van der Waals surface area contributed by atoms with Crippen molar-refractivity contribution in [2.24, 2.45) is 5.73 Å². The summed E-state index contributed by atoms with van der Waals surface area (Å²) < 4.78 is 2.07. The van der Waals surface area contributed by atoms with Gasteiger partial charge in [-0.15, -0.1) is 11.3 Å². The number of thiophene rings is 1. The minimum absolute atomic E-state index is 0.113. The third-order valence-electron chi connectivity index (χ3n) is 4.87. The van der Waals surface area contributed by atoms with Gasteiger partial charge < -0.3 is 5.73 Å². The summed E-state index contributed by atoms with van der Waals surface area (Å²) in [6, 6.07) is 12.2. The molecule has 1 aliphatic carbocycles. The van der Waals surface area contributed by atoms with Crippen LogP contribution >= 0.6 is 49.9 Å². The van der Waals surface area contributed by atoms with Crippen LogP contribution in [-0.4, -0.2) is 5.78 Å². The minimum Gasteiger partial charge on any atom is -0.384 e. The van der Waals surface area contributed by atoms with Gasteiger partial charge >= 0.3 is 0 Å². The second kappa shape index (κ2) is 7.41. The maximum atomic E-state index is 13.0. The number of halogens is 2. The number of carbonyl (C=O) groups excluding carboxylic acids is 1. The van der Waals surface area contributed by atoms with Crippen LogP contribution < -0.4 is 10.6 Å². The van der Waals surface area contributed by atoms with Crippen LogP contribution in [0.15, 0.2) is 62.8 Å². The van der Waals surface area contributed by atoms with Crippen LogP contribution in [0.1, 0.15) is 30.1 Å². The highest BCUT2D eigenvalue weighted by Gasteiger charge is 2.40. The van der Waals surface area contributed by atoms with Gasteiger partial charge in [-0.1, -0.05) is 0 Å². The van der Waals surface area contributed by atoms with E-state index in [9.17, 15) is 10.1 Å². The standard InChI is InChI=1S/C20H15BrIN3OS/c21-11-8-17(27-10-11)18-14(9-23)20(24)25(13-6-4-12(22)5-7-13)15-2-1-3-16(26)19(15)18/h4-8,10,18H,1-3,24H2. The summed E-state index contributed by atoms with van der Waals surface area (Å²) in [5.74, 6) is 0.150. The lowest BCUT2D eigenvalue weighted by molar-refractivity contribution is -0.116. The van der Waals surface area contributed by atoms with Crippen molar-refractivity contribution in [1.82, 2.24) is 0 Å². The van der Waals surface area contributed by atoms with Gasteiger partial charge in [0.25, 0.3) is 0 Å². The number of allylic oxidation sites excluding steroid dienone is 3. The summed E-state index contributed by atoms with van der Waals surface area (Å²) in [7, 11) is 0. The van der Waals surface area contributed by atoms with E-state index >= 15 is 0 Å². The fourth-order valence-electron chi connectivity index (χ4n) is 3.74. The highest BCUT2D eigenvalue weighted by molar-refractivity contribution is 14.1. The number of carbonyl (C=O) groups is 1. The van der Waals surface area contributed by atoms with Crippen LogP contribution in [0, 0.1) is 14.9 Å². The number of Topliss-reactive ketones (excluding diaryl/α,β-unsaturated/α-hetero) is 1. The van der Waals surface area contributed by atoms with Crippen molar-refractivity contribution >= 4 is 61.3 Å². The number of hydrogen-bond donors (Lipinski definition) is 1. The Morgan fingerprint density at radius 2 is 2.04 bits per heavy atom. The molecule has 0 spiro atoms. The van der Waals surface area contributed by atoms with Crippen molar-refractivity contribution in [1.29, 1.82) is 5.26 Å². The Labute approximate surface area is 183 Å². The van der Waals surface area contributed by atoms with E-state index in [-0.39, 0.29) is 11.7 Å². The van der Waals surface area contributed by atoms with Gasteiger partial charge in [0.15, 0.2) is 5.78 Å². The summed E-state index contributed by atoms with van der Waals surface area (Å²) in [5, 5.41) is 11.9. The second-order valence-corrected chi connectivity index (χ2v) is 9.56. The van der Waals surface area contributed by atoms with Crippen molar-refractivity contribution in [2.75, 3.05) is 4.90 Å². The molecule has 7 heteroatoms. The molecule has 0 saturated carbocycles. The van der Waals surface area contributed by atoms with E-state index in [0.29, 0.717) is 17.8 Å². The molecular weight excluding hydrogens is 537 g/mol. The lowest BCUT2D eigenvalue weighted by Gasteiger charge is -2.39. The van der Waals surface area contributed by atoms with Crippen molar-refractivity contribution < 1.29 is 4.79 Å². The average Bonchev–Trinajstić information content (AvgIpc) is 3.08. The van der Waals surface area contributed by atoms with Gasteiger partial charge in [-0.05, 0) is 81.7 Å². The molecular formula is C20H15BrIN3OS. The van der Waals surface area contributed by atoms with Crippen LogP contribution in [0.5, 0.6) is 0 Å². The smallest absolute Gasteiger partial charge is 0.161 e. The van der Waals surface area contributed by atoms with E-state index in [1.54, 1.807) is 11.3 Å². The summed E-state index contributed by atoms with van der Waals surface area (Å²) >= 11 is 7.28. The number of rotatable bonds is 2. The van der Waals surface area contributed by atoms with Crippen LogP contribution in [-0.2, 0) is 4.79 Å². The first kappa shape index (κ1) is 18.7. The lowest BCUT2D eigenvalue weighted by Crippen LogP contribution is -2.38. The maximum Gasteiger partial charge on any atom is 0.161 e. The zero-order valence-electron chi connectivity index (χ0n) is 14.2. The monoisotopic (exact) mass is 551 g/mol. The first-order valence-electron chi connectivity index (χ1n) is 8.47. The molecule has 0 fully saturated rings. The number of benzene rings is 1. The van der Waals surface area contributed by atoms with Crippen molar-refractivity contribution in [2.45, 2.75) is 25.2 Å². The van der Waals surface area contributed by atoms with Gasteiger partial charge in [-0.3, -0.25) is 9.69 Å². The molecule has 0 radical (unpaired) electrons. The molecule has 0 saturated heterocycles. The minimum atomic E-state index is -0.380. The molecule has 2 heterocycles. The zero-order valence-corrected chi connectivity index (χ0v) is 18.8. The highest BCUT2D eigenvalue weighted by atomic mass is 127. The SMILES string of the molecule is N#CC1=C(N)N(c2ccc(I)cc2)C2=C(C(=O)CCC2)C1c1cc(Br)cs1. The molecule has 0 amide bonds. The number of ketones is 1. The molecule has 1 atom stereocenters. The largest absolute Gasteiger partial charge is 0.384 e. The van der Waals surface area contributed by atoms with Gasteiger partial charge in [0.2, 0.25) is 0 Å². The predicted octanol–water partition coefficient (Wildman–Crippen LogP) is 5.42. The molecule has 1 aromatic carbocycles. The molecule has 4 nitrogen and oxygen atoms in total. The molecule has 0 bridgehead atoms. The summed E-state index contributed by atoms with van der Waals surface area (Å²) in [4.78, 5) is 15.8. The van der Waals surface area contributed by atoms with E-state index in [1.165, 1.54) is 0 Å². The zero-order chi connectivity index (χ0) is 19.1. The molecule has 1 unspecified atom stereocenters. The molecule has 2 N–H and O–H groups in total. The van der Waals surface area contributed by atoms with Crippen molar-refractivity contribution in [3.05, 3.63) is 71.3 Å². The quantitative estimate of drug-likeness (QED) is 0.506. The summed E-state index contributed by atoms with van der Waals surface area (Å²) in [6.45, 7) is 0. The van der Waals surface area contributed by atoms with Crippen molar-refractivity contribution in [3.8, 4) is 6.07 Å². The van der Waals surface area contributed by atoms with Gasteiger partial charge in [-0.2, -0.15) is 5.26 Å². The first-order chi connectivity index (χ1) is 13.0. The van der Waals surface area contributed by atoms with Gasteiger partial charge in [0, 0.05) is 41.7 Å². The number of nitrogens with two attached hydrogens (primary N) is 1. The van der Waals surface area contributed by atoms with Crippen LogP contribution in [0.4, 0.5) is 5.69 Å². The third kappa shape index (κ3) is 3.24. The van der Waals surface area contributed by atoms with E-state index in [0.717, 1.165) is 42.7 Å².